The van der Waals surface area contributed by atoms with E-state index < -0.39 is 0 Å². The monoisotopic (exact) mass is 257 g/mol. The number of nitrogens with zero attached hydrogens (tertiary/aromatic N) is 1. The number of carbonyl (C=O) groups excluding carboxylic acids is 1. The van der Waals surface area contributed by atoms with Gasteiger partial charge in [-0.1, -0.05) is 6.07 Å². The Labute approximate surface area is 113 Å². The van der Waals surface area contributed by atoms with Crippen LogP contribution in [0.4, 0.5) is 0 Å². The Morgan fingerprint density at radius 1 is 1.05 bits per heavy atom. The molecule has 0 bridgehead atoms. The van der Waals surface area contributed by atoms with E-state index in [1.54, 1.807) is 0 Å². The maximum Gasteiger partial charge on any atom is 0.267 e. The number of nitrogen functional groups attached to an aromatic ring is 1. The highest BCUT2D eigenvalue weighted by molar-refractivity contribution is 5.95. The molecule has 0 atom stereocenters. The minimum atomic E-state index is -0.260. The summed E-state index contributed by atoms with van der Waals surface area (Å²) in [6.45, 7) is 8.05. The number of nitrogens with one attached hydrogen (secondary N) is 1. The fraction of sp³-hybridized carbons (Fsp3) is 0.267. The first-order valence-electron chi connectivity index (χ1n) is 6.22. The molecule has 0 fully saturated rings. The summed E-state index contributed by atoms with van der Waals surface area (Å²) in [5, 5.41) is 0. The summed E-state index contributed by atoms with van der Waals surface area (Å²) in [7, 11) is 0. The van der Waals surface area contributed by atoms with Crippen LogP contribution in [-0.2, 0) is 0 Å². The summed E-state index contributed by atoms with van der Waals surface area (Å²) in [5.74, 6) is 4.95. The smallest absolute Gasteiger partial charge is 0.267 e. The lowest BCUT2D eigenvalue weighted by Crippen LogP contribution is -2.30. The fourth-order valence-electron chi connectivity index (χ4n) is 2.55. The number of benzene rings is 1. The van der Waals surface area contributed by atoms with Gasteiger partial charge in [0.1, 0.15) is 0 Å². The molecule has 3 N–H and O–H groups in total. The van der Waals surface area contributed by atoms with Gasteiger partial charge < -0.3 is 4.57 Å². The number of aromatic nitrogens is 1. The average Bonchev–Trinajstić information content (AvgIpc) is 2.62. The van der Waals surface area contributed by atoms with Crippen LogP contribution in [-0.4, -0.2) is 10.5 Å². The molecule has 4 nitrogen and oxygen atoms in total. The van der Waals surface area contributed by atoms with Crippen molar-refractivity contribution in [2.75, 3.05) is 0 Å². The van der Waals surface area contributed by atoms with Crippen LogP contribution in [0.15, 0.2) is 24.3 Å². The third-order valence-electron chi connectivity index (χ3n) is 3.27. The van der Waals surface area contributed by atoms with Crippen LogP contribution in [0.1, 0.15) is 32.9 Å². The van der Waals surface area contributed by atoms with E-state index in [1.165, 1.54) is 11.1 Å². The van der Waals surface area contributed by atoms with Crippen molar-refractivity contribution in [1.82, 2.24) is 9.99 Å². The maximum absolute atomic E-state index is 11.7. The van der Waals surface area contributed by atoms with Crippen LogP contribution in [0.2, 0.25) is 0 Å². The summed E-state index contributed by atoms with van der Waals surface area (Å²) >= 11 is 0. The molecule has 0 aliphatic carbocycles. The van der Waals surface area contributed by atoms with Crippen molar-refractivity contribution < 1.29 is 4.79 Å². The number of aryl methyl sites for hydroxylation is 3. The Kier molecular flexibility index (Phi) is 3.44. The number of hydrogen-bond acceptors (Lipinski definition) is 2. The van der Waals surface area contributed by atoms with Gasteiger partial charge in [0.15, 0.2) is 0 Å². The molecule has 0 saturated carbocycles. The third-order valence-corrected chi connectivity index (χ3v) is 3.27. The molecule has 1 aromatic heterocycles. The molecule has 0 unspecified atom stereocenters. The molecule has 19 heavy (non-hydrogen) atoms. The molecule has 0 spiro atoms. The number of hydrogen-bond donors (Lipinski definition) is 2. The van der Waals surface area contributed by atoms with Crippen LogP contribution in [0.3, 0.4) is 0 Å². The topological polar surface area (TPSA) is 60.0 Å². The Hall–Kier alpha value is -2.07. The van der Waals surface area contributed by atoms with Crippen LogP contribution >= 0.6 is 0 Å². The molecule has 0 radical (unpaired) electrons. The van der Waals surface area contributed by atoms with E-state index in [4.69, 9.17) is 5.84 Å². The zero-order valence-corrected chi connectivity index (χ0v) is 11.7. The minimum absolute atomic E-state index is 0.260. The maximum atomic E-state index is 11.7. The molecule has 2 rings (SSSR count). The molecule has 1 amide bonds. The largest absolute Gasteiger partial charge is 0.318 e. The second-order valence-corrected chi connectivity index (χ2v) is 4.94. The number of rotatable bonds is 2. The van der Waals surface area contributed by atoms with Crippen LogP contribution in [0.25, 0.3) is 5.69 Å². The Morgan fingerprint density at radius 2 is 1.63 bits per heavy atom. The lowest BCUT2D eigenvalue weighted by Gasteiger charge is -2.12. The number of hydrazine groups is 1. The number of amides is 1. The summed E-state index contributed by atoms with van der Waals surface area (Å²) in [4.78, 5) is 11.7. The summed E-state index contributed by atoms with van der Waals surface area (Å²) in [5.41, 5.74) is 8.18. The zero-order valence-electron chi connectivity index (χ0n) is 11.7. The molecule has 1 heterocycles. The molecular weight excluding hydrogens is 238 g/mol. The molecule has 4 heteroatoms. The fourth-order valence-corrected chi connectivity index (χ4v) is 2.55. The molecular formula is C15H19N3O. The van der Waals surface area contributed by atoms with Gasteiger partial charge in [0.05, 0.1) is 5.56 Å². The van der Waals surface area contributed by atoms with Gasteiger partial charge in [0.2, 0.25) is 0 Å². The second kappa shape index (κ2) is 4.90. The van der Waals surface area contributed by atoms with E-state index in [0.717, 1.165) is 17.1 Å². The highest BCUT2D eigenvalue weighted by atomic mass is 16.2. The van der Waals surface area contributed by atoms with Crippen molar-refractivity contribution in [3.05, 3.63) is 52.3 Å². The Balaban J connectivity index is 2.62. The van der Waals surface area contributed by atoms with E-state index in [9.17, 15) is 4.79 Å². The van der Waals surface area contributed by atoms with E-state index in [1.807, 2.05) is 19.9 Å². The van der Waals surface area contributed by atoms with Crippen molar-refractivity contribution in [2.24, 2.45) is 5.84 Å². The van der Waals surface area contributed by atoms with Gasteiger partial charge in [-0.15, -0.1) is 0 Å². The SMILES string of the molecule is Cc1cc(C)cc(-n2c(C)cc(C(=O)NN)c2C)c1. The van der Waals surface area contributed by atoms with E-state index >= 15 is 0 Å². The molecule has 0 aliphatic heterocycles. The van der Waals surface area contributed by atoms with Crippen molar-refractivity contribution >= 4 is 5.91 Å². The van der Waals surface area contributed by atoms with Crippen molar-refractivity contribution in [2.45, 2.75) is 27.7 Å². The van der Waals surface area contributed by atoms with Crippen LogP contribution < -0.4 is 11.3 Å². The molecule has 100 valence electrons. The third kappa shape index (κ3) is 2.39. The highest BCUT2D eigenvalue weighted by Crippen LogP contribution is 2.22. The molecule has 2 aromatic rings. The summed E-state index contributed by atoms with van der Waals surface area (Å²) in [6.07, 6.45) is 0. The summed E-state index contributed by atoms with van der Waals surface area (Å²) < 4.78 is 2.07. The first kappa shape index (κ1) is 13.4. The second-order valence-electron chi connectivity index (χ2n) is 4.94. The van der Waals surface area contributed by atoms with Crippen molar-refractivity contribution in [3.63, 3.8) is 0 Å². The number of nitrogens with two attached hydrogens (primary N) is 1. The van der Waals surface area contributed by atoms with Crippen molar-refractivity contribution in [3.8, 4) is 5.69 Å². The van der Waals surface area contributed by atoms with Gasteiger partial charge in [-0.2, -0.15) is 0 Å². The Morgan fingerprint density at radius 3 is 2.16 bits per heavy atom. The van der Waals surface area contributed by atoms with Gasteiger partial charge in [-0.25, -0.2) is 5.84 Å². The first-order chi connectivity index (χ1) is 8.93. The normalized spacial score (nSPS) is 10.6. The average molecular weight is 257 g/mol. The quantitative estimate of drug-likeness (QED) is 0.493. The lowest BCUT2D eigenvalue weighted by atomic mass is 10.1. The van der Waals surface area contributed by atoms with Gasteiger partial charge in [0.25, 0.3) is 5.91 Å². The summed E-state index contributed by atoms with van der Waals surface area (Å²) in [6, 6.07) is 8.20. The molecule has 1 aromatic carbocycles. The molecule has 0 saturated heterocycles. The van der Waals surface area contributed by atoms with Crippen LogP contribution in [0, 0.1) is 27.7 Å². The van der Waals surface area contributed by atoms with E-state index in [-0.39, 0.29) is 5.91 Å². The standard InChI is InChI=1S/C15H19N3O/c1-9-5-10(2)7-13(6-9)18-11(3)8-14(12(18)4)15(19)17-16/h5-8H,16H2,1-4H3,(H,17,19). The lowest BCUT2D eigenvalue weighted by molar-refractivity contribution is 0.0953. The van der Waals surface area contributed by atoms with E-state index in [0.29, 0.717) is 5.56 Å². The van der Waals surface area contributed by atoms with E-state index in [2.05, 4.69) is 42.0 Å². The first-order valence-corrected chi connectivity index (χ1v) is 6.22. The minimum Gasteiger partial charge on any atom is -0.318 e. The van der Waals surface area contributed by atoms with Gasteiger partial charge in [-0.3, -0.25) is 10.2 Å². The predicted molar refractivity (Wildman–Crippen MR) is 76.4 cm³/mol. The highest BCUT2D eigenvalue weighted by Gasteiger charge is 2.15. The zero-order chi connectivity index (χ0) is 14.2. The van der Waals surface area contributed by atoms with Gasteiger partial charge >= 0.3 is 0 Å². The number of carbonyl (C=O) groups is 1. The predicted octanol–water partition coefficient (Wildman–Crippen LogP) is 2.31. The molecule has 0 aliphatic rings. The van der Waals surface area contributed by atoms with Gasteiger partial charge in [0, 0.05) is 17.1 Å². The van der Waals surface area contributed by atoms with Gasteiger partial charge in [-0.05, 0) is 57.0 Å². The Bertz CT molecular complexity index is 621. The van der Waals surface area contributed by atoms with Crippen LogP contribution in [0.5, 0.6) is 0 Å². The van der Waals surface area contributed by atoms with Crippen molar-refractivity contribution in [1.29, 1.82) is 0 Å².